The van der Waals surface area contributed by atoms with Gasteiger partial charge in [0.05, 0.1) is 42.4 Å². The summed E-state index contributed by atoms with van der Waals surface area (Å²) in [6, 6.07) is 7.65. The first-order valence-electron chi connectivity index (χ1n) is 10.4. The van der Waals surface area contributed by atoms with Crippen LogP contribution in [-0.4, -0.2) is 46.0 Å². The number of anilines is 2. The molecule has 1 fully saturated rings. The molecule has 4 rings (SSSR count). The fourth-order valence-corrected chi connectivity index (χ4v) is 4.03. The molecular formula is C23H27N5O3. The van der Waals surface area contributed by atoms with Crippen LogP contribution >= 0.6 is 0 Å². The number of nitrogens with one attached hydrogen (secondary N) is 1. The number of carbonyl (C=O) groups is 1. The van der Waals surface area contributed by atoms with Crippen molar-refractivity contribution in [3.8, 4) is 11.3 Å². The van der Waals surface area contributed by atoms with E-state index in [-0.39, 0.29) is 0 Å². The molecule has 2 heterocycles. The maximum atomic E-state index is 12.2. The van der Waals surface area contributed by atoms with E-state index in [1.54, 1.807) is 31.6 Å². The second-order valence-corrected chi connectivity index (χ2v) is 7.76. The molecule has 1 N–H and O–H groups in total. The molecule has 2 aromatic heterocycles. The van der Waals surface area contributed by atoms with Crippen molar-refractivity contribution >= 4 is 17.6 Å². The van der Waals surface area contributed by atoms with Crippen LogP contribution in [0, 0.1) is 6.92 Å². The maximum Gasteiger partial charge on any atom is 0.338 e. The highest BCUT2D eigenvalue weighted by Gasteiger charge is 2.23. The number of aryl methyl sites for hydroxylation is 1. The fraction of sp³-hybridized carbons (Fsp3) is 0.391. The molecule has 0 radical (unpaired) electrons. The standard InChI is InChI=1S/C23H27N5O3/c1-15-12-24-23(27-21(15)19-6-4-5-7-20(19)22(29)31-3)26-16-13-25-28(14-16)17-8-10-18(30-2)11-9-17/h4-7,12-14,17-18H,8-11H2,1-3H3,(H,24,26,27). The molecule has 3 aromatic rings. The minimum Gasteiger partial charge on any atom is -0.465 e. The summed E-state index contributed by atoms with van der Waals surface area (Å²) < 4.78 is 12.4. The van der Waals surface area contributed by atoms with Gasteiger partial charge in [-0.15, -0.1) is 0 Å². The second kappa shape index (κ2) is 9.26. The summed E-state index contributed by atoms with van der Waals surface area (Å²) >= 11 is 0. The van der Waals surface area contributed by atoms with E-state index in [2.05, 4.69) is 20.4 Å². The summed E-state index contributed by atoms with van der Waals surface area (Å²) in [5.74, 6) is 0.0514. The van der Waals surface area contributed by atoms with E-state index in [1.807, 2.05) is 29.9 Å². The van der Waals surface area contributed by atoms with Gasteiger partial charge in [-0.05, 0) is 44.2 Å². The molecule has 0 saturated heterocycles. The van der Waals surface area contributed by atoms with Crippen molar-refractivity contribution < 1.29 is 14.3 Å². The topological polar surface area (TPSA) is 91.2 Å². The van der Waals surface area contributed by atoms with Crippen molar-refractivity contribution in [2.24, 2.45) is 0 Å². The van der Waals surface area contributed by atoms with Crippen LogP contribution in [0.2, 0.25) is 0 Å². The van der Waals surface area contributed by atoms with Gasteiger partial charge in [0.1, 0.15) is 0 Å². The van der Waals surface area contributed by atoms with Gasteiger partial charge in [0.15, 0.2) is 0 Å². The Morgan fingerprint density at radius 1 is 1.13 bits per heavy atom. The Hall–Kier alpha value is -3.26. The Morgan fingerprint density at radius 2 is 1.90 bits per heavy atom. The van der Waals surface area contributed by atoms with Crippen LogP contribution in [0.15, 0.2) is 42.9 Å². The van der Waals surface area contributed by atoms with Crippen LogP contribution in [0.25, 0.3) is 11.3 Å². The number of rotatable bonds is 6. The van der Waals surface area contributed by atoms with Gasteiger partial charge in [0.2, 0.25) is 5.95 Å². The first kappa shape index (κ1) is 21.0. The number of methoxy groups -OCH3 is 2. The van der Waals surface area contributed by atoms with E-state index in [0.29, 0.717) is 34.9 Å². The van der Waals surface area contributed by atoms with Crippen molar-refractivity contribution in [2.45, 2.75) is 44.8 Å². The van der Waals surface area contributed by atoms with Gasteiger partial charge in [-0.3, -0.25) is 4.68 Å². The van der Waals surface area contributed by atoms with Gasteiger partial charge in [0, 0.05) is 25.1 Å². The number of benzene rings is 1. The largest absolute Gasteiger partial charge is 0.465 e. The molecule has 0 atom stereocenters. The normalized spacial score (nSPS) is 18.5. The SMILES string of the molecule is COC(=O)c1ccccc1-c1nc(Nc2cnn(C3CCC(OC)CC3)c2)ncc1C. The number of aromatic nitrogens is 4. The van der Waals surface area contributed by atoms with Crippen LogP contribution in [0.3, 0.4) is 0 Å². The fourth-order valence-electron chi connectivity index (χ4n) is 4.03. The molecular weight excluding hydrogens is 394 g/mol. The summed E-state index contributed by atoms with van der Waals surface area (Å²) in [6.07, 6.45) is 10.1. The predicted octanol–water partition coefficient (Wildman–Crippen LogP) is 4.31. The van der Waals surface area contributed by atoms with Crippen LogP contribution < -0.4 is 5.32 Å². The van der Waals surface area contributed by atoms with E-state index < -0.39 is 5.97 Å². The molecule has 0 aliphatic heterocycles. The summed E-state index contributed by atoms with van der Waals surface area (Å²) in [5, 5.41) is 7.77. The molecule has 1 saturated carbocycles. The lowest BCUT2D eigenvalue weighted by Gasteiger charge is -2.27. The van der Waals surface area contributed by atoms with E-state index in [9.17, 15) is 4.79 Å². The van der Waals surface area contributed by atoms with Crippen molar-refractivity contribution in [3.05, 3.63) is 54.0 Å². The lowest BCUT2D eigenvalue weighted by atomic mass is 9.93. The number of nitrogens with zero attached hydrogens (tertiary/aromatic N) is 4. The van der Waals surface area contributed by atoms with Gasteiger partial charge < -0.3 is 14.8 Å². The zero-order chi connectivity index (χ0) is 21.8. The van der Waals surface area contributed by atoms with E-state index >= 15 is 0 Å². The molecule has 1 aliphatic carbocycles. The monoisotopic (exact) mass is 421 g/mol. The van der Waals surface area contributed by atoms with Gasteiger partial charge in [-0.2, -0.15) is 5.10 Å². The van der Waals surface area contributed by atoms with Crippen molar-refractivity contribution in [3.63, 3.8) is 0 Å². The minimum absolute atomic E-state index is 0.358. The van der Waals surface area contributed by atoms with Crippen LogP contribution in [0.5, 0.6) is 0 Å². The van der Waals surface area contributed by atoms with E-state index in [1.165, 1.54) is 7.11 Å². The van der Waals surface area contributed by atoms with Crippen molar-refractivity contribution in [1.82, 2.24) is 19.7 Å². The smallest absolute Gasteiger partial charge is 0.338 e. The van der Waals surface area contributed by atoms with Gasteiger partial charge in [-0.1, -0.05) is 18.2 Å². The van der Waals surface area contributed by atoms with Crippen molar-refractivity contribution in [1.29, 1.82) is 0 Å². The Morgan fingerprint density at radius 3 is 2.65 bits per heavy atom. The number of esters is 1. The molecule has 31 heavy (non-hydrogen) atoms. The molecule has 162 valence electrons. The summed E-state index contributed by atoms with van der Waals surface area (Å²) in [6.45, 7) is 1.92. The highest BCUT2D eigenvalue weighted by atomic mass is 16.5. The molecule has 8 heteroatoms. The molecule has 1 aliphatic rings. The van der Waals surface area contributed by atoms with Gasteiger partial charge in [0.25, 0.3) is 0 Å². The number of hydrogen-bond acceptors (Lipinski definition) is 7. The zero-order valence-corrected chi connectivity index (χ0v) is 18.0. The quantitative estimate of drug-likeness (QED) is 0.593. The van der Waals surface area contributed by atoms with Crippen LogP contribution in [0.1, 0.15) is 47.6 Å². The average molecular weight is 422 g/mol. The Bertz CT molecular complexity index is 1060. The second-order valence-electron chi connectivity index (χ2n) is 7.76. The summed E-state index contributed by atoms with van der Waals surface area (Å²) in [4.78, 5) is 21.3. The zero-order valence-electron chi connectivity index (χ0n) is 18.0. The predicted molar refractivity (Wildman–Crippen MR) is 117 cm³/mol. The molecule has 0 spiro atoms. The van der Waals surface area contributed by atoms with Crippen LogP contribution in [-0.2, 0) is 9.47 Å². The summed E-state index contributed by atoms with van der Waals surface area (Å²) in [5.41, 5.74) is 3.56. The molecule has 1 aromatic carbocycles. The molecule has 8 nitrogen and oxygen atoms in total. The van der Waals surface area contributed by atoms with Crippen molar-refractivity contribution in [2.75, 3.05) is 19.5 Å². The third-order valence-electron chi connectivity index (χ3n) is 5.77. The lowest BCUT2D eigenvalue weighted by molar-refractivity contribution is 0.0568. The average Bonchev–Trinajstić information content (AvgIpc) is 3.28. The van der Waals surface area contributed by atoms with Crippen LogP contribution in [0.4, 0.5) is 11.6 Å². The Kier molecular flexibility index (Phi) is 6.27. The third kappa shape index (κ3) is 4.59. The third-order valence-corrected chi connectivity index (χ3v) is 5.77. The highest BCUT2D eigenvalue weighted by Crippen LogP contribution is 2.31. The molecule has 0 bridgehead atoms. The molecule has 0 amide bonds. The van der Waals surface area contributed by atoms with E-state index in [4.69, 9.17) is 9.47 Å². The Labute approximate surface area is 181 Å². The highest BCUT2D eigenvalue weighted by molar-refractivity contribution is 5.97. The Balaban J connectivity index is 1.54. The maximum absolute atomic E-state index is 12.2. The number of ether oxygens (including phenoxy) is 2. The number of carbonyl (C=O) groups excluding carboxylic acids is 1. The molecule has 0 unspecified atom stereocenters. The first-order valence-corrected chi connectivity index (χ1v) is 10.4. The number of hydrogen-bond donors (Lipinski definition) is 1. The van der Waals surface area contributed by atoms with Gasteiger partial charge >= 0.3 is 5.97 Å². The summed E-state index contributed by atoms with van der Waals surface area (Å²) in [7, 11) is 3.15. The minimum atomic E-state index is -0.396. The van der Waals surface area contributed by atoms with E-state index in [0.717, 1.165) is 36.9 Å². The van der Waals surface area contributed by atoms with Gasteiger partial charge in [-0.25, -0.2) is 14.8 Å². The first-order chi connectivity index (χ1) is 15.1. The lowest BCUT2D eigenvalue weighted by Crippen LogP contribution is -2.22.